The maximum absolute atomic E-state index is 11.0. The first-order valence-corrected chi connectivity index (χ1v) is 4.22. The molecule has 0 unspecified atom stereocenters. The van der Waals surface area contributed by atoms with Crippen LogP contribution in [0.15, 0.2) is 22.4 Å². The van der Waals surface area contributed by atoms with Crippen molar-refractivity contribution in [3.63, 3.8) is 0 Å². The minimum atomic E-state index is -0.0236. The van der Waals surface area contributed by atoms with Gasteiger partial charge in [-0.2, -0.15) is 5.10 Å². The molecule has 1 rings (SSSR count). The Hall–Kier alpha value is -1.45. The highest BCUT2D eigenvalue weighted by Gasteiger charge is 2.14. The van der Waals surface area contributed by atoms with Crippen LogP contribution >= 0.6 is 0 Å². The van der Waals surface area contributed by atoms with Crippen molar-refractivity contribution >= 4 is 17.8 Å². The normalized spacial score (nSPS) is 25.1. The molecule has 0 aliphatic carbocycles. The zero-order valence-corrected chi connectivity index (χ0v) is 7.82. The summed E-state index contributed by atoms with van der Waals surface area (Å²) in [5, 5.41) is 10.6. The number of hydrogen-bond acceptors (Lipinski definition) is 3. The third kappa shape index (κ3) is 2.82. The molecule has 1 aliphatic heterocycles. The predicted octanol–water partition coefficient (Wildman–Crippen LogP) is 0.755. The van der Waals surface area contributed by atoms with Gasteiger partial charge >= 0.3 is 0 Å². The number of nitrogens with zero attached hydrogens (tertiary/aromatic N) is 2. The smallest absolute Gasteiger partial charge is 0.148 e. The topological polar surface area (TPSA) is 53.8 Å². The van der Waals surface area contributed by atoms with Gasteiger partial charge in [-0.1, -0.05) is 6.08 Å². The summed E-state index contributed by atoms with van der Waals surface area (Å²) in [6.45, 7) is 4.00. The highest BCUT2D eigenvalue weighted by molar-refractivity contribution is 5.96. The molecule has 13 heavy (non-hydrogen) atoms. The number of carbonyl (C=O) groups excluding carboxylic acids is 1. The van der Waals surface area contributed by atoms with E-state index < -0.39 is 0 Å². The molecule has 0 amide bonds. The molecule has 1 atom stereocenters. The lowest BCUT2D eigenvalue weighted by Gasteiger charge is -2.15. The average Bonchev–Trinajstić information content (AvgIpc) is 2.15. The van der Waals surface area contributed by atoms with Crippen LogP contribution in [-0.2, 0) is 4.79 Å². The Morgan fingerprint density at radius 1 is 1.77 bits per heavy atom. The van der Waals surface area contributed by atoms with E-state index in [1.165, 1.54) is 0 Å². The van der Waals surface area contributed by atoms with Crippen molar-refractivity contribution in [2.45, 2.75) is 13.8 Å². The standard InChI is InChI=1S/C9H13N3O/c1-3-11-12-9-5-4-8(6-10-9)7(2)13/h3-5,8H,6H2,1-2H3,(H,10,12)/b11-3+/t8-/m1/s1. The first-order valence-electron chi connectivity index (χ1n) is 4.22. The number of hydrogen-bond donors (Lipinski definition) is 1. The van der Waals surface area contributed by atoms with Crippen molar-refractivity contribution in [1.82, 2.24) is 5.32 Å². The Labute approximate surface area is 77.4 Å². The van der Waals surface area contributed by atoms with Crippen LogP contribution in [-0.4, -0.2) is 24.4 Å². The molecule has 1 aliphatic rings. The largest absolute Gasteiger partial charge is 0.368 e. The summed E-state index contributed by atoms with van der Waals surface area (Å²) in [5.41, 5.74) is 0. The van der Waals surface area contributed by atoms with Crippen molar-refractivity contribution in [1.29, 1.82) is 0 Å². The van der Waals surface area contributed by atoms with Crippen molar-refractivity contribution in [2.75, 3.05) is 6.54 Å². The van der Waals surface area contributed by atoms with Gasteiger partial charge in [0.2, 0.25) is 0 Å². The minimum absolute atomic E-state index is 0.0236. The molecule has 0 saturated carbocycles. The summed E-state index contributed by atoms with van der Waals surface area (Å²) in [6, 6.07) is 0. The molecule has 0 aromatic rings. The first kappa shape index (κ1) is 9.64. The van der Waals surface area contributed by atoms with Crippen LogP contribution in [0.4, 0.5) is 0 Å². The van der Waals surface area contributed by atoms with Gasteiger partial charge < -0.3 is 5.32 Å². The first-order chi connectivity index (χ1) is 6.24. The monoisotopic (exact) mass is 179 g/mol. The van der Waals surface area contributed by atoms with E-state index >= 15 is 0 Å². The highest BCUT2D eigenvalue weighted by Crippen LogP contribution is 2.03. The number of carbonyl (C=O) groups is 1. The molecule has 0 bridgehead atoms. The molecular weight excluding hydrogens is 166 g/mol. The van der Waals surface area contributed by atoms with Crippen molar-refractivity contribution in [3.8, 4) is 0 Å². The lowest BCUT2D eigenvalue weighted by atomic mass is 10.0. The second kappa shape index (κ2) is 4.54. The van der Waals surface area contributed by atoms with E-state index in [1.54, 1.807) is 26.1 Å². The average molecular weight is 179 g/mol. The van der Waals surface area contributed by atoms with E-state index in [2.05, 4.69) is 15.5 Å². The lowest BCUT2D eigenvalue weighted by molar-refractivity contribution is -0.119. The Morgan fingerprint density at radius 3 is 3.00 bits per heavy atom. The molecule has 0 radical (unpaired) electrons. The van der Waals surface area contributed by atoms with E-state index in [4.69, 9.17) is 0 Å². The maximum atomic E-state index is 11.0. The van der Waals surface area contributed by atoms with E-state index in [0.717, 1.165) is 0 Å². The van der Waals surface area contributed by atoms with Gasteiger partial charge in [0.25, 0.3) is 0 Å². The zero-order valence-electron chi connectivity index (χ0n) is 7.82. The lowest BCUT2D eigenvalue weighted by Crippen LogP contribution is -2.34. The fourth-order valence-corrected chi connectivity index (χ4v) is 1.02. The Morgan fingerprint density at radius 2 is 2.54 bits per heavy atom. The number of rotatable bonds is 2. The maximum Gasteiger partial charge on any atom is 0.148 e. The summed E-state index contributed by atoms with van der Waals surface area (Å²) < 4.78 is 0. The molecule has 0 fully saturated rings. The molecular formula is C9H13N3O. The molecule has 1 N–H and O–H groups in total. The van der Waals surface area contributed by atoms with E-state index in [-0.39, 0.29) is 11.7 Å². The molecule has 0 spiro atoms. The SMILES string of the molecule is C/C=N/N=C1\C=C[C@@H](C(C)=O)CN1. The van der Waals surface area contributed by atoms with Gasteiger partial charge in [0.15, 0.2) is 0 Å². The zero-order chi connectivity index (χ0) is 9.68. The van der Waals surface area contributed by atoms with Crippen LogP contribution in [0.1, 0.15) is 13.8 Å². The van der Waals surface area contributed by atoms with E-state index in [1.807, 2.05) is 6.08 Å². The second-order valence-corrected chi connectivity index (χ2v) is 2.82. The van der Waals surface area contributed by atoms with Crippen molar-refractivity contribution in [3.05, 3.63) is 12.2 Å². The summed E-state index contributed by atoms with van der Waals surface area (Å²) in [6.07, 6.45) is 5.24. The van der Waals surface area contributed by atoms with Crippen LogP contribution in [0.2, 0.25) is 0 Å². The van der Waals surface area contributed by atoms with Gasteiger partial charge in [-0.3, -0.25) is 4.79 Å². The van der Waals surface area contributed by atoms with Gasteiger partial charge in [0.05, 0.1) is 5.92 Å². The molecule has 70 valence electrons. The summed E-state index contributed by atoms with van der Waals surface area (Å²) in [7, 11) is 0. The number of nitrogens with one attached hydrogen (secondary N) is 1. The third-order valence-electron chi connectivity index (χ3n) is 1.79. The van der Waals surface area contributed by atoms with Crippen LogP contribution < -0.4 is 5.32 Å². The fraction of sp³-hybridized carbons (Fsp3) is 0.444. The summed E-state index contributed by atoms with van der Waals surface area (Å²) >= 11 is 0. The van der Waals surface area contributed by atoms with Gasteiger partial charge in [0.1, 0.15) is 11.6 Å². The van der Waals surface area contributed by atoms with E-state index in [0.29, 0.717) is 12.4 Å². The van der Waals surface area contributed by atoms with Crippen LogP contribution in [0, 0.1) is 5.92 Å². The van der Waals surface area contributed by atoms with Crippen LogP contribution in [0.3, 0.4) is 0 Å². The van der Waals surface area contributed by atoms with Gasteiger partial charge in [0, 0.05) is 12.8 Å². The minimum Gasteiger partial charge on any atom is -0.368 e. The second-order valence-electron chi connectivity index (χ2n) is 2.82. The molecule has 4 nitrogen and oxygen atoms in total. The molecule has 0 aromatic heterocycles. The number of ketones is 1. The fourth-order valence-electron chi connectivity index (χ4n) is 1.02. The van der Waals surface area contributed by atoms with Gasteiger partial charge in [-0.25, -0.2) is 0 Å². The predicted molar refractivity (Wildman–Crippen MR) is 52.9 cm³/mol. The Kier molecular flexibility index (Phi) is 3.37. The molecule has 1 heterocycles. The number of Topliss-reactive ketones (excluding diaryl/α,β-unsaturated/α-hetero) is 1. The molecule has 0 saturated heterocycles. The highest BCUT2D eigenvalue weighted by atomic mass is 16.1. The van der Waals surface area contributed by atoms with Gasteiger partial charge in [-0.05, 0) is 19.9 Å². The van der Waals surface area contributed by atoms with E-state index in [9.17, 15) is 4.79 Å². The van der Waals surface area contributed by atoms with Crippen LogP contribution in [0.5, 0.6) is 0 Å². The van der Waals surface area contributed by atoms with Crippen molar-refractivity contribution < 1.29 is 4.79 Å². The molecule has 4 heteroatoms. The van der Waals surface area contributed by atoms with Gasteiger partial charge in [-0.15, -0.1) is 5.10 Å². The summed E-state index contributed by atoms with van der Waals surface area (Å²) in [5.74, 6) is 0.849. The quantitative estimate of drug-likeness (QED) is 0.502. The summed E-state index contributed by atoms with van der Waals surface area (Å²) in [4.78, 5) is 11.0. The van der Waals surface area contributed by atoms with Crippen molar-refractivity contribution in [2.24, 2.45) is 16.1 Å². The van der Waals surface area contributed by atoms with Crippen LogP contribution in [0.25, 0.3) is 0 Å². The third-order valence-corrected chi connectivity index (χ3v) is 1.79. The molecule has 0 aromatic carbocycles. The Bertz CT molecular complexity index is 279. The Balaban J connectivity index is 2.61. The number of amidine groups is 1.